The lowest BCUT2D eigenvalue weighted by Crippen LogP contribution is -2.33. The van der Waals surface area contributed by atoms with Crippen molar-refractivity contribution in [3.8, 4) is 11.5 Å². The highest BCUT2D eigenvalue weighted by molar-refractivity contribution is 8.26. The van der Waals surface area contributed by atoms with Gasteiger partial charge in [0.1, 0.15) is 22.4 Å². The van der Waals surface area contributed by atoms with Gasteiger partial charge < -0.3 is 14.2 Å². The van der Waals surface area contributed by atoms with Crippen LogP contribution in [0.15, 0.2) is 23.1 Å². The SMILES string of the molecule is COC(=O)CN1C(=O)/C(=C\c2cc(OC)ccc2OC)SC1=S. The third-order valence-electron chi connectivity index (χ3n) is 3.11. The van der Waals surface area contributed by atoms with Crippen LogP contribution in [0.4, 0.5) is 0 Å². The van der Waals surface area contributed by atoms with Gasteiger partial charge in [-0.1, -0.05) is 24.0 Å². The van der Waals surface area contributed by atoms with Gasteiger partial charge in [-0.2, -0.15) is 0 Å². The van der Waals surface area contributed by atoms with Crippen molar-refractivity contribution < 1.29 is 23.8 Å². The molecule has 0 atom stereocenters. The van der Waals surface area contributed by atoms with Gasteiger partial charge in [-0.3, -0.25) is 14.5 Å². The normalized spacial score (nSPS) is 16.0. The molecule has 8 heteroatoms. The van der Waals surface area contributed by atoms with Crippen LogP contribution >= 0.6 is 24.0 Å². The van der Waals surface area contributed by atoms with E-state index in [1.165, 1.54) is 12.0 Å². The summed E-state index contributed by atoms with van der Waals surface area (Å²) in [6.07, 6.45) is 1.66. The van der Waals surface area contributed by atoms with E-state index in [0.717, 1.165) is 11.8 Å². The highest BCUT2D eigenvalue weighted by atomic mass is 32.2. The van der Waals surface area contributed by atoms with Crippen LogP contribution in [-0.4, -0.2) is 49.0 Å². The number of carbonyl (C=O) groups excluding carboxylic acids is 2. The van der Waals surface area contributed by atoms with Crippen molar-refractivity contribution in [1.82, 2.24) is 4.90 Å². The van der Waals surface area contributed by atoms with Crippen LogP contribution in [0.25, 0.3) is 6.08 Å². The molecule has 0 spiro atoms. The van der Waals surface area contributed by atoms with Crippen LogP contribution < -0.4 is 9.47 Å². The number of esters is 1. The largest absolute Gasteiger partial charge is 0.497 e. The maximum absolute atomic E-state index is 12.4. The van der Waals surface area contributed by atoms with Crippen molar-refractivity contribution in [3.63, 3.8) is 0 Å². The number of amides is 1. The second-order valence-corrected chi connectivity index (χ2v) is 6.13. The summed E-state index contributed by atoms with van der Waals surface area (Å²) in [6, 6.07) is 5.27. The Labute approximate surface area is 143 Å². The number of nitrogens with zero attached hydrogens (tertiary/aromatic N) is 1. The van der Waals surface area contributed by atoms with Gasteiger partial charge in [0.2, 0.25) is 0 Å². The summed E-state index contributed by atoms with van der Waals surface area (Å²) in [5.74, 6) is 0.378. The van der Waals surface area contributed by atoms with Gasteiger partial charge in [0.05, 0.1) is 26.2 Å². The van der Waals surface area contributed by atoms with Gasteiger partial charge in [-0.15, -0.1) is 0 Å². The number of hydrogen-bond acceptors (Lipinski definition) is 7. The molecule has 0 aliphatic carbocycles. The maximum Gasteiger partial charge on any atom is 0.325 e. The number of hydrogen-bond donors (Lipinski definition) is 0. The Balaban J connectivity index is 2.32. The zero-order valence-corrected chi connectivity index (χ0v) is 14.5. The van der Waals surface area contributed by atoms with Crippen molar-refractivity contribution in [2.45, 2.75) is 0 Å². The molecule has 1 heterocycles. The molecule has 1 amide bonds. The molecule has 0 N–H and O–H groups in total. The minimum atomic E-state index is -0.526. The summed E-state index contributed by atoms with van der Waals surface area (Å²) >= 11 is 6.28. The maximum atomic E-state index is 12.4. The number of benzene rings is 1. The summed E-state index contributed by atoms with van der Waals surface area (Å²) < 4.78 is 15.4. The van der Waals surface area contributed by atoms with E-state index < -0.39 is 5.97 Å². The highest BCUT2D eigenvalue weighted by Gasteiger charge is 2.33. The number of ether oxygens (including phenoxy) is 3. The predicted octanol–water partition coefficient (Wildman–Crippen LogP) is 2.08. The second-order valence-electron chi connectivity index (χ2n) is 4.45. The zero-order chi connectivity index (χ0) is 17.0. The highest BCUT2D eigenvalue weighted by Crippen LogP contribution is 2.35. The van der Waals surface area contributed by atoms with Crippen LogP contribution in [0.5, 0.6) is 11.5 Å². The Morgan fingerprint density at radius 1 is 1.30 bits per heavy atom. The summed E-state index contributed by atoms with van der Waals surface area (Å²) in [5, 5.41) is 0. The van der Waals surface area contributed by atoms with E-state index in [9.17, 15) is 9.59 Å². The first-order valence-corrected chi connectivity index (χ1v) is 7.76. The molecule has 0 bridgehead atoms. The molecule has 1 aliphatic rings. The van der Waals surface area contributed by atoms with Gasteiger partial charge in [0.25, 0.3) is 5.91 Å². The van der Waals surface area contributed by atoms with Crippen molar-refractivity contribution in [2.24, 2.45) is 0 Å². The molecule has 0 radical (unpaired) electrons. The molecule has 1 aromatic carbocycles. The van der Waals surface area contributed by atoms with Gasteiger partial charge in [0, 0.05) is 5.56 Å². The average Bonchev–Trinajstić information content (AvgIpc) is 2.82. The number of thioether (sulfide) groups is 1. The second kappa shape index (κ2) is 7.47. The molecule has 2 rings (SSSR count). The lowest BCUT2D eigenvalue weighted by atomic mass is 10.1. The fourth-order valence-corrected chi connectivity index (χ4v) is 3.17. The Morgan fingerprint density at radius 3 is 2.65 bits per heavy atom. The fourth-order valence-electron chi connectivity index (χ4n) is 1.92. The van der Waals surface area contributed by atoms with Crippen molar-refractivity contribution in [3.05, 3.63) is 28.7 Å². The van der Waals surface area contributed by atoms with Gasteiger partial charge >= 0.3 is 5.97 Å². The van der Waals surface area contributed by atoms with Crippen LogP contribution in [-0.2, 0) is 14.3 Å². The number of methoxy groups -OCH3 is 3. The zero-order valence-electron chi connectivity index (χ0n) is 12.8. The van der Waals surface area contributed by atoms with Crippen LogP contribution in [0.3, 0.4) is 0 Å². The van der Waals surface area contributed by atoms with E-state index >= 15 is 0 Å². The van der Waals surface area contributed by atoms with Crippen molar-refractivity contribution in [2.75, 3.05) is 27.9 Å². The average molecular weight is 353 g/mol. The molecular formula is C15H15NO5S2. The van der Waals surface area contributed by atoms with Crippen LogP contribution in [0.1, 0.15) is 5.56 Å². The number of thiocarbonyl (C=S) groups is 1. The topological polar surface area (TPSA) is 65.1 Å². The third kappa shape index (κ3) is 3.83. The Bertz CT molecular complexity index is 686. The lowest BCUT2D eigenvalue weighted by Gasteiger charge is -2.12. The first kappa shape index (κ1) is 17.3. The molecule has 23 heavy (non-hydrogen) atoms. The first-order valence-electron chi connectivity index (χ1n) is 6.54. The van der Waals surface area contributed by atoms with Crippen LogP contribution in [0, 0.1) is 0 Å². The van der Waals surface area contributed by atoms with E-state index in [1.54, 1.807) is 38.5 Å². The lowest BCUT2D eigenvalue weighted by molar-refractivity contribution is -0.143. The molecule has 1 fully saturated rings. The fraction of sp³-hybridized carbons (Fsp3) is 0.267. The van der Waals surface area contributed by atoms with Gasteiger partial charge in [-0.25, -0.2) is 0 Å². The van der Waals surface area contributed by atoms with Crippen molar-refractivity contribution >= 4 is 46.3 Å². The standard InChI is InChI=1S/C15H15NO5S2/c1-19-10-4-5-11(20-2)9(6-10)7-12-14(18)16(15(22)23-12)8-13(17)21-3/h4-7H,8H2,1-3H3/b12-7+. The van der Waals surface area contributed by atoms with Crippen molar-refractivity contribution in [1.29, 1.82) is 0 Å². The van der Waals surface area contributed by atoms with E-state index in [0.29, 0.717) is 26.3 Å². The molecule has 122 valence electrons. The third-order valence-corrected chi connectivity index (χ3v) is 4.49. The smallest absolute Gasteiger partial charge is 0.325 e. The van der Waals surface area contributed by atoms with E-state index in [2.05, 4.69) is 4.74 Å². The Morgan fingerprint density at radius 2 is 2.04 bits per heavy atom. The quantitative estimate of drug-likeness (QED) is 0.456. The molecule has 0 saturated carbocycles. The summed E-state index contributed by atoms with van der Waals surface area (Å²) in [7, 11) is 4.36. The van der Waals surface area contributed by atoms with Crippen LogP contribution in [0.2, 0.25) is 0 Å². The van der Waals surface area contributed by atoms with Gasteiger partial charge in [0.15, 0.2) is 0 Å². The molecule has 0 unspecified atom stereocenters. The summed E-state index contributed by atoms with van der Waals surface area (Å²) in [6.45, 7) is -0.201. The Kier molecular flexibility index (Phi) is 5.62. The number of rotatable bonds is 5. The minimum absolute atomic E-state index is 0.201. The molecular weight excluding hydrogens is 338 g/mol. The summed E-state index contributed by atoms with van der Waals surface area (Å²) in [4.78, 5) is 25.4. The first-order chi connectivity index (χ1) is 11.0. The van der Waals surface area contributed by atoms with E-state index in [-0.39, 0.29) is 12.5 Å². The molecule has 6 nitrogen and oxygen atoms in total. The van der Waals surface area contributed by atoms with Gasteiger partial charge in [-0.05, 0) is 24.3 Å². The molecule has 0 aromatic heterocycles. The molecule has 1 saturated heterocycles. The Hall–Kier alpha value is -2.06. The van der Waals surface area contributed by atoms with E-state index in [1.807, 2.05) is 0 Å². The summed E-state index contributed by atoms with van der Waals surface area (Å²) in [5.41, 5.74) is 0.686. The number of carbonyl (C=O) groups is 2. The predicted molar refractivity (Wildman–Crippen MR) is 91.4 cm³/mol. The van der Waals surface area contributed by atoms with E-state index in [4.69, 9.17) is 21.7 Å². The molecule has 1 aromatic rings. The molecule has 1 aliphatic heterocycles. The monoisotopic (exact) mass is 353 g/mol. The minimum Gasteiger partial charge on any atom is -0.497 e.